The van der Waals surface area contributed by atoms with E-state index in [1.165, 1.54) is 21.6 Å². The number of benzene rings is 2. The standard InChI is InChI=1S/C31H40N4O4/c1-31(2)18-26(34-29(37)21-11-10-20-15-24(38-4)16-22(20)14-21)25-13-19(9-12-27(25)39-31)7-5-6-8-23-17-28(36)35(3)30(32)33-23/h9-14,23-24,26H,5-8,15-18H2,1-4H3,(H2,32,33)(H,34,37). The van der Waals surface area contributed by atoms with Crippen LogP contribution in [0.4, 0.5) is 0 Å². The van der Waals surface area contributed by atoms with E-state index in [1.807, 2.05) is 18.2 Å². The first-order valence-electron chi connectivity index (χ1n) is 14.0. The highest BCUT2D eigenvalue weighted by Gasteiger charge is 2.35. The molecule has 2 aromatic rings. The monoisotopic (exact) mass is 532 g/mol. The Hall–Kier alpha value is -3.39. The summed E-state index contributed by atoms with van der Waals surface area (Å²) in [5.41, 5.74) is 10.9. The molecule has 3 unspecified atom stereocenters. The zero-order valence-corrected chi connectivity index (χ0v) is 23.5. The van der Waals surface area contributed by atoms with Gasteiger partial charge in [-0.1, -0.05) is 24.6 Å². The van der Waals surface area contributed by atoms with Crippen LogP contribution >= 0.6 is 0 Å². The Morgan fingerprint density at radius 3 is 2.72 bits per heavy atom. The van der Waals surface area contributed by atoms with Crippen LogP contribution in [0.5, 0.6) is 5.75 Å². The van der Waals surface area contributed by atoms with E-state index in [9.17, 15) is 9.59 Å². The number of hydrogen-bond donors (Lipinski definition) is 2. The third kappa shape index (κ3) is 6.11. The number of carbonyl (C=O) groups excluding carboxylic acids is 2. The number of guanidine groups is 1. The predicted octanol–water partition coefficient (Wildman–Crippen LogP) is 4.09. The summed E-state index contributed by atoms with van der Waals surface area (Å²) in [5, 5.41) is 3.30. The quantitative estimate of drug-likeness (QED) is 0.498. The number of fused-ring (bicyclic) bond motifs is 2. The van der Waals surface area contributed by atoms with Gasteiger partial charge in [0.2, 0.25) is 5.91 Å². The lowest BCUT2D eigenvalue weighted by Crippen LogP contribution is -2.44. The van der Waals surface area contributed by atoms with Crippen molar-refractivity contribution in [1.82, 2.24) is 10.2 Å². The molecule has 2 heterocycles. The predicted molar refractivity (Wildman–Crippen MR) is 151 cm³/mol. The van der Waals surface area contributed by atoms with Crippen LogP contribution in [-0.2, 0) is 28.8 Å². The fourth-order valence-electron chi connectivity index (χ4n) is 5.98. The van der Waals surface area contributed by atoms with Crippen molar-refractivity contribution in [3.63, 3.8) is 0 Å². The van der Waals surface area contributed by atoms with E-state index in [-0.39, 0.29) is 35.6 Å². The second kappa shape index (κ2) is 11.0. The van der Waals surface area contributed by atoms with Gasteiger partial charge in [0.1, 0.15) is 11.4 Å². The van der Waals surface area contributed by atoms with Crippen molar-refractivity contribution in [2.45, 2.75) is 89.0 Å². The van der Waals surface area contributed by atoms with Crippen molar-refractivity contribution < 1.29 is 19.1 Å². The second-order valence-corrected chi connectivity index (χ2v) is 11.8. The van der Waals surface area contributed by atoms with Gasteiger partial charge in [-0.15, -0.1) is 0 Å². The van der Waals surface area contributed by atoms with Gasteiger partial charge in [0, 0.05) is 38.1 Å². The Kier molecular flexibility index (Phi) is 7.67. The summed E-state index contributed by atoms with van der Waals surface area (Å²) in [7, 11) is 3.40. The number of nitrogens with two attached hydrogens (primary N) is 1. The Morgan fingerprint density at radius 2 is 1.95 bits per heavy atom. The molecule has 0 bridgehead atoms. The van der Waals surface area contributed by atoms with Crippen molar-refractivity contribution in [1.29, 1.82) is 0 Å². The number of aryl methyl sites for hydroxylation is 1. The number of nitrogens with zero attached hydrogens (tertiary/aromatic N) is 2. The summed E-state index contributed by atoms with van der Waals surface area (Å²) in [6.45, 7) is 4.12. The number of methoxy groups -OCH3 is 1. The molecule has 1 aliphatic carbocycles. The lowest BCUT2D eigenvalue weighted by atomic mass is 9.88. The van der Waals surface area contributed by atoms with E-state index < -0.39 is 0 Å². The lowest BCUT2D eigenvalue weighted by Gasteiger charge is -2.38. The molecule has 0 saturated carbocycles. The van der Waals surface area contributed by atoms with Gasteiger partial charge in [0.15, 0.2) is 5.96 Å². The minimum Gasteiger partial charge on any atom is -0.487 e. The first kappa shape index (κ1) is 27.2. The van der Waals surface area contributed by atoms with Crippen molar-refractivity contribution >= 4 is 17.8 Å². The van der Waals surface area contributed by atoms with Gasteiger partial charge >= 0.3 is 0 Å². The zero-order valence-electron chi connectivity index (χ0n) is 23.5. The molecule has 0 saturated heterocycles. The van der Waals surface area contributed by atoms with Gasteiger partial charge in [-0.3, -0.25) is 14.5 Å². The molecule has 2 aromatic carbocycles. The van der Waals surface area contributed by atoms with Crippen molar-refractivity contribution in [2.24, 2.45) is 10.7 Å². The third-order valence-corrected chi connectivity index (χ3v) is 8.23. The van der Waals surface area contributed by atoms with E-state index in [4.69, 9.17) is 15.2 Å². The highest BCUT2D eigenvalue weighted by atomic mass is 16.5. The molecule has 2 amide bonds. The van der Waals surface area contributed by atoms with Gasteiger partial charge in [0.25, 0.3) is 5.91 Å². The molecule has 2 aliphatic heterocycles. The Bertz CT molecular complexity index is 1290. The molecule has 0 radical (unpaired) electrons. The molecule has 5 rings (SSSR count). The molecule has 0 aromatic heterocycles. The minimum atomic E-state index is -0.385. The summed E-state index contributed by atoms with van der Waals surface area (Å²) >= 11 is 0. The van der Waals surface area contributed by atoms with Crippen LogP contribution in [0.1, 0.15) is 84.6 Å². The Labute approximate surface area is 230 Å². The smallest absolute Gasteiger partial charge is 0.251 e. The van der Waals surface area contributed by atoms with Gasteiger partial charge in [-0.05, 0) is 80.8 Å². The number of aliphatic imine (C=N–C) groups is 1. The summed E-state index contributed by atoms with van der Waals surface area (Å²) < 4.78 is 11.8. The Balaban J connectivity index is 1.24. The highest BCUT2D eigenvalue weighted by Crippen LogP contribution is 2.40. The maximum Gasteiger partial charge on any atom is 0.251 e. The topological polar surface area (TPSA) is 106 Å². The number of rotatable bonds is 8. The average molecular weight is 533 g/mol. The van der Waals surface area contributed by atoms with Gasteiger partial charge < -0.3 is 20.5 Å². The van der Waals surface area contributed by atoms with Gasteiger partial charge in [0.05, 0.1) is 18.2 Å². The maximum absolute atomic E-state index is 13.4. The number of hydrogen-bond acceptors (Lipinski definition) is 6. The van der Waals surface area contributed by atoms with Crippen molar-refractivity contribution in [2.75, 3.05) is 14.2 Å². The third-order valence-electron chi connectivity index (χ3n) is 8.23. The summed E-state index contributed by atoms with van der Waals surface area (Å²) in [6, 6.07) is 12.1. The molecule has 3 atom stereocenters. The molecule has 39 heavy (non-hydrogen) atoms. The van der Waals surface area contributed by atoms with E-state index >= 15 is 0 Å². The van der Waals surface area contributed by atoms with E-state index in [0.29, 0.717) is 24.4 Å². The van der Waals surface area contributed by atoms with Crippen LogP contribution in [0.3, 0.4) is 0 Å². The molecule has 0 fully saturated rings. The molecule has 8 heteroatoms. The Morgan fingerprint density at radius 1 is 1.15 bits per heavy atom. The van der Waals surface area contributed by atoms with E-state index in [2.05, 4.69) is 42.4 Å². The SMILES string of the molecule is COC1Cc2ccc(C(=O)NC3CC(C)(C)Oc4ccc(CCCCC5CC(=O)N(C)C(N)=N5)cc43)cc2C1. The van der Waals surface area contributed by atoms with Gasteiger partial charge in [-0.25, -0.2) is 4.99 Å². The fourth-order valence-corrected chi connectivity index (χ4v) is 5.98. The summed E-state index contributed by atoms with van der Waals surface area (Å²) in [6.07, 6.45) is 6.73. The molecule has 208 valence electrons. The van der Waals surface area contributed by atoms with Crippen LogP contribution in [0.25, 0.3) is 0 Å². The van der Waals surface area contributed by atoms with E-state index in [1.54, 1.807) is 14.2 Å². The van der Waals surface area contributed by atoms with Crippen LogP contribution < -0.4 is 15.8 Å². The normalized spacial score (nSPS) is 23.5. The van der Waals surface area contributed by atoms with Crippen LogP contribution in [0, 0.1) is 0 Å². The lowest BCUT2D eigenvalue weighted by molar-refractivity contribution is -0.127. The second-order valence-electron chi connectivity index (χ2n) is 11.8. The largest absolute Gasteiger partial charge is 0.487 e. The minimum absolute atomic E-state index is 0.0252. The number of amides is 2. The first-order valence-corrected chi connectivity index (χ1v) is 14.0. The molecule has 8 nitrogen and oxygen atoms in total. The number of carbonyl (C=O) groups is 2. The molecule has 3 aliphatic rings. The van der Waals surface area contributed by atoms with Crippen LogP contribution in [0.2, 0.25) is 0 Å². The number of ether oxygens (including phenoxy) is 2. The number of nitrogens with one attached hydrogen (secondary N) is 1. The summed E-state index contributed by atoms with van der Waals surface area (Å²) in [4.78, 5) is 31.3. The highest BCUT2D eigenvalue weighted by molar-refractivity contribution is 5.98. The van der Waals surface area contributed by atoms with Gasteiger partial charge in [-0.2, -0.15) is 0 Å². The average Bonchev–Trinajstić information content (AvgIpc) is 3.32. The maximum atomic E-state index is 13.4. The fraction of sp³-hybridized carbons (Fsp3) is 0.516. The van der Waals surface area contributed by atoms with E-state index in [0.717, 1.165) is 49.8 Å². The van der Waals surface area contributed by atoms with Crippen molar-refractivity contribution in [3.8, 4) is 5.75 Å². The zero-order chi connectivity index (χ0) is 27.7. The molecule has 3 N–H and O–H groups in total. The first-order chi connectivity index (χ1) is 18.6. The van der Waals surface area contributed by atoms with Crippen LogP contribution in [-0.4, -0.2) is 54.6 Å². The van der Waals surface area contributed by atoms with Crippen molar-refractivity contribution in [3.05, 3.63) is 64.2 Å². The molecule has 0 spiro atoms. The number of unbranched alkanes of at least 4 members (excludes halogenated alkanes) is 1. The molecular formula is C31H40N4O4. The molecular weight excluding hydrogens is 492 g/mol. The summed E-state index contributed by atoms with van der Waals surface area (Å²) in [5.74, 6) is 1.09. The van der Waals surface area contributed by atoms with Crippen LogP contribution in [0.15, 0.2) is 41.4 Å².